The van der Waals surface area contributed by atoms with Crippen molar-refractivity contribution in [3.8, 4) is 5.75 Å². The van der Waals surface area contributed by atoms with Gasteiger partial charge in [0, 0.05) is 14.1 Å². The number of carbonyl (C=O) groups is 1. The van der Waals surface area contributed by atoms with Gasteiger partial charge in [0.25, 0.3) is 0 Å². The molecule has 1 unspecified atom stereocenters. The van der Waals surface area contributed by atoms with E-state index in [0.717, 1.165) is 0 Å². The third-order valence-corrected chi connectivity index (χ3v) is 8.00. The summed E-state index contributed by atoms with van der Waals surface area (Å²) < 4.78 is 53.2. The van der Waals surface area contributed by atoms with Crippen LogP contribution in [0.25, 0.3) is 11.2 Å². The van der Waals surface area contributed by atoms with Gasteiger partial charge in [-0.05, 0) is 51.4 Å². The number of nitrogens with one attached hydrogen (secondary N) is 1. The fourth-order valence-corrected chi connectivity index (χ4v) is 5.90. The second-order valence-corrected chi connectivity index (χ2v) is 12.3. The first-order valence-electron chi connectivity index (χ1n) is 12.8. The largest absolute Gasteiger partial charge is 0.462 e. The summed E-state index contributed by atoms with van der Waals surface area (Å²) in [5, 5.41) is 13.4. The summed E-state index contributed by atoms with van der Waals surface area (Å²) in [6, 6.07) is 7.05. The van der Waals surface area contributed by atoms with Gasteiger partial charge in [0.15, 0.2) is 29.4 Å². The standard InChI is InChI=1S/C25H33ClFN6O7P/c1-14(2)38-23(35)15(3)31-41(36,40-16-10-8-7-9-11-16)37-12-25(4)19(34)17(27)22(39-25)33-13-28-18-20(32(5)6)29-24(26)30-21(18)33/h7-11,13-15,17,19,22,34H,12H2,1-6H3,(H,31,36)/t15-,17+,19-,22+,25+,41?/m0/s1. The molecule has 0 bridgehead atoms. The Kier molecular flexibility index (Phi) is 9.22. The monoisotopic (exact) mass is 614 g/mol. The topological polar surface area (TPSA) is 150 Å². The SMILES string of the molecule is CC(C)OC(=O)[C@H](C)NP(=O)(OC[C@@]1(C)O[C@@H](n2cnc3c(N(C)C)nc(Cl)nc32)[C@H](F)[C@@H]1O)Oc1ccccc1. The molecule has 1 aromatic carbocycles. The van der Waals surface area contributed by atoms with Crippen LogP contribution in [0.4, 0.5) is 10.2 Å². The summed E-state index contributed by atoms with van der Waals surface area (Å²) in [4.78, 5) is 26.7. The Balaban J connectivity index is 1.58. The van der Waals surface area contributed by atoms with Crippen molar-refractivity contribution < 1.29 is 37.4 Å². The molecule has 4 rings (SSSR count). The van der Waals surface area contributed by atoms with Crippen molar-refractivity contribution >= 4 is 42.3 Å². The van der Waals surface area contributed by atoms with E-state index in [2.05, 4.69) is 20.0 Å². The van der Waals surface area contributed by atoms with E-state index < -0.39 is 56.6 Å². The molecular weight excluding hydrogens is 582 g/mol. The van der Waals surface area contributed by atoms with Crippen molar-refractivity contribution in [3.05, 3.63) is 41.9 Å². The summed E-state index contributed by atoms with van der Waals surface area (Å²) >= 11 is 6.10. The third kappa shape index (κ3) is 6.79. The number of aliphatic hydroxyl groups excluding tert-OH is 1. The van der Waals surface area contributed by atoms with E-state index in [0.29, 0.717) is 11.3 Å². The zero-order valence-electron chi connectivity index (χ0n) is 23.4. The van der Waals surface area contributed by atoms with Crippen molar-refractivity contribution in [3.63, 3.8) is 0 Å². The molecule has 6 atom stereocenters. The van der Waals surface area contributed by atoms with Crippen LogP contribution in [0.15, 0.2) is 36.7 Å². The first-order valence-corrected chi connectivity index (χ1v) is 14.7. The number of alkyl halides is 1. The number of rotatable bonds is 11. The number of carbonyl (C=O) groups excluding carboxylic acids is 1. The number of fused-ring (bicyclic) bond motifs is 1. The minimum absolute atomic E-state index is 0.0850. The molecule has 2 N–H and O–H groups in total. The Bertz CT molecular complexity index is 1430. The molecule has 13 nitrogen and oxygen atoms in total. The van der Waals surface area contributed by atoms with Crippen LogP contribution in [0.1, 0.15) is 33.9 Å². The first-order chi connectivity index (χ1) is 19.2. The lowest BCUT2D eigenvalue weighted by molar-refractivity contribution is -0.149. The van der Waals surface area contributed by atoms with E-state index >= 15 is 4.39 Å². The lowest BCUT2D eigenvalue weighted by Crippen LogP contribution is -2.44. The fourth-order valence-electron chi connectivity index (χ4n) is 4.15. The molecular formula is C25H33ClFN6O7P. The number of aliphatic hydroxyl groups is 1. The van der Waals surface area contributed by atoms with Gasteiger partial charge in [-0.15, -0.1) is 0 Å². The van der Waals surface area contributed by atoms with Gasteiger partial charge in [0.1, 0.15) is 23.5 Å². The number of ether oxygens (including phenoxy) is 2. The quantitative estimate of drug-likeness (QED) is 0.184. The predicted molar refractivity (Wildman–Crippen MR) is 149 cm³/mol. The summed E-state index contributed by atoms with van der Waals surface area (Å²) in [6.45, 7) is 5.61. The molecule has 3 heterocycles. The van der Waals surface area contributed by atoms with Gasteiger partial charge in [-0.3, -0.25) is 13.9 Å². The normalized spacial score (nSPS) is 24.8. The molecule has 0 radical (unpaired) electrons. The smallest absolute Gasteiger partial charge is 0.459 e. The number of aromatic nitrogens is 4. The molecule has 1 saturated heterocycles. The zero-order chi connectivity index (χ0) is 30.1. The van der Waals surface area contributed by atoms with Gasteiger partial charge < -0.3 is 24.0 Å². The minimum atomic E-state index is -4.31. The Labute approximate surface area is 241 Å². The van der Waals surface area contributed by atoms with Crippen LogP contribution in [-0.2, 0) is 23.4 Å². The maximum absolute atomic E-state index is 15.6. The van der Waals surface area contributed by atoms with Crippen LogP contribution < -0.4 is 14.5 Å². The minimum Gasteiger partial charge on any atom is -0.462 e. The maximum atomic E-state index is 15.6. The Morgan fingerprint density at radius 1 is 1.29 bits per heavy atom. The van der Waals surface area contributed by atoms with Gasteiger partial charge in [0.2, 0.25) is 5.28 Å². The van der Waals surface area contributed by atoms with E-state index in [1.165, 1.54) is 24.7 Å². The molecule has 1 aliphatic rings. The second kappa shape index (κ2) is 12.2. The summed E-state index contributed by atoms with van der Waals surface area (Å²) in [6.07, 6.45) is -4.16. The summed E-state index contributed by atoms with van der Waals surface area (Å²) in [5.41, 5.74) is -1.17. The molecule has 1 fully saturated rings. The highest BCUT2D eigenvalue weighted by atomic mass is 35.5. The number of hydrogen-bond donors (Lipinski definition) is 2. The van der Waals surface area contributed by atoms with Gasteiger partial charge in [-0.2, -0.15) is 15.1 Å². The van der Waals surface area contributed by atoms with Gasteiger partial charge >= 0.3 is 13.7 Å². The molecule has 0 aliphatic carbocycles. The number of para-hydroxylation sites is 1. The van der Waals surface area contributed by atoms with E-state index in [1.54, 1.807) is 63.2 Å². The highest BCUT2D eigenvalue weighted by Gasteiger charge is 2.55. The number of benzene rings is 1. The second-order valence-electron chi connectivity index (χ2n) is 10.3. The zero-order valence-corrected chi connectivity index (χ0v) is 25.0. The number of halogens is 2. The van der Waals surface area contributed by atoms with E-state index in [1.807, 2.05) is 0 Å². The molecule has 0 amide bonds. The van der Waals surface area contributed by atoms with Crippen LogP contribution in [0.5, 0.6) is 5.75 Å². The Hall–Kier alpha value is -2.87. The number of esters is 1. The van der Waals surface area contributed by atoms with E-state index in [4.69, 9.17) is 30.1 Å². The molecule has 3 aromatic rings. The van der Waals surface area contributed by atoms with Crippen LogP contribution in [0, 0.1) is 0 Å². The van der Waals surface area contributed by atoms with E-state index in [-0.39, 0.29) is 16.7 Å². The van der Waals surface area contributed by atoms with Crippen LogP contribution in [0.2, 0.25) is 5.28 Å². The lowest BCUT2D eigenvalue weighted by atomic mass is 9.99. The number of nitrogens with zero attached hydrogens (tertiary/aromatic N) is 5. The molecule has 1 aliphatic heterocycles. The highest BCUT2D eigenvalue weighted by molar-refractivity contribution is 7.52. The van der Waals surface area contributed by atoms with Crippen molar-refractivity contribution in [1.29, 1.82) is 0 Å². The number of anilines is 1. The van der Waals surface area contributed by atoms with Crippen LogP contribution in [0.3, 0.4) is 0 Å². The van der Waals surface area contributed by atoms with Crippen LogP contribution >= 0.6 is 19.3 Å². The molecule has 2 aromatic heterocycles. The average Bonchev–Trinajstić information content (AvgIpc) is 3.41. The first kappa shape index (κ1) is 31.1. The van der Waals surface area contributed by atoms with Crippen molar-refractivity contribution in [1.82, 2.24) is 24.6 Å². The molecule has 41 heavy (non-hydrogen) atoms. The number of imidazole rings is 1. The predicted octanol–water partition coefficient (Wildman–Crippen LogP) is 3.67. The molecule has 16 heteroatoms. The fraction of sp³-hybridized carbons (Fsp3) is 0.520. The number of hydrogen-bond acceptors (Lipinski definition) is 11. The van der Waals surface area contributed by atoms with Gasteiger partial charge in [-0.25, -0.2) is 13.9 Å². The van der Waals surface area contributed by atoms with Gasteiger partial charge in [-0.1, -0.05) is 18.2 Å². The molecule has 0 spiro atoms. The average molecular weight is 615 g/mol. The molecule has 224 valence electrons. The highest BCUT2D eigenvalue weighted by Crippen LogP contribution is 2.48. The lowest BCUT2D eigenvalue weighted by Gasteiger charge is -2.30. The van der Waals surface area contributed by atoms with E-state index in [9.17, 15) is 14.5 Å². The van der Waals surface area contributed by atoms with Crippen LogP contribution in [-0.4, -0.2) is 81.3 Å². The van der Waals surface area contributed by atoms with Gasteiger partial charge in [0.05, 0.1) is 19.0 Å². The Morgan fingerprint density at radius 3 is 2.61 bits per heavy atom. The van der Waals surface area contributed by atoms with Crippen molar-refractivity contribution in [2.24, 2.45) is 0 Å². The third-order valence-electron chi connectivity index (χ3n) is 6.21. The Morgan fingerprint density at radius 2 is 1.98 bits per heavy atom. The van der Waals surface area contributed by atoms with Crippen molar-refractivity contribution in [2.75, 3.05) is 25.6 Å². The van der Waals surface area contributed by atoms with Crippen molar-refractivity contribution in [2.45, 2.75) is 63.9 Å². The summed E-state index contributed by atoms with van der Waals surface area (Å²) in [5.74, 6) is -0.0864. The summed E-state index contributed by atoms with van der Waals surface area (Å²) in [7, 11) is -0.821. The maximum Gasteiger partial charge on any atom is 0.459 e. The molecule has 0 saturated carbocycles.